The highest BCUT2D eigenvalue weighted by Crippen LogP contribution is 2.35. The lowest BCUT2D eigenvalue weighted by Crippen LogP contribution is -2.04. The van der Waals surface area contributed by atoms with Crippen molar-refractivity contribution < 1.29 is 9.53 Å². The predicted molar refractivity (Wildman–Crippen MR) is 128 cm³/mol. The molecule has 0 aliphatic heterocycles. The fourth-order valence-corrected chi connectivity index (χ4v) is 4.03. The number of aromatic nitrogens is 3. The SMILES string of the molecule is CCOC(=O)c1ccc2ncc3c(-c4ccccc4)nn(-c4ccc(Cl)c(Cl)c4)c3c2c1. The number of ether oxygens (including phenoxy) is 1. The summed E-state index contributed by atoms with van der Waals surface area (Å²) < 4.78 is 7.01. The molecule has 0 atom stereocenters. The molecule has 0 fully saturated rings. The Kier molecular flexibility index (Phi) is 5.29. The number of benzene rings is 3. The number of nitrogens with zero attached hydrogens (tertiary/aromatic N) is 3. The standard InChI is InChI=1S/C25H17Cl2N3O2/c1-2-32-25(31)16-8-11-22-18(12-16)24-19(14-28-22)23(15-6-4-3-5-7-15)29-30(24)17-9-10-20(26)21(27)13-17/h3-14H,2H2,1H3. The van der Waals surface area contributed by atoms with Crippen LogP contribution in [-0.4, -0.2) is 27.3 Å². The van der Waals surface area contributed by atoms with Gasteiger partial charge in [0.25, 0.3) is 0 Å². The Morgan fingerprint density at radius 2 is 1.78 bits per heavy atom. The molecule has 0 radical (unpaired) electrons. The maximum absolute atomic E-state index is 12.4. The second-order valence-corrected chi connectivity index (χ2v) is 8.01. The van der Waals surface area contributed by atoms with Gasteiger partial charge in [-0.2, -0.15) is 5.10 Å². The maximum Gasteiger partial charge on any atom is 0.338 e. The lowest BCUT2D eigenvalue weighted by Gasteiger charge is -2.08. The van der Waals surface area contributed by atoms with Crippen molar-refractivity contribution in [3.63, 3.8) is 0 Å². The van der Waals surface area contributed by atoms with Crippen molar-refractivity contribution in [3.8, 4) is 16.9 Å². The van der Waals surface area contributed by atoms with E-state index in [2.05, 4.69) is 4.98 Å². The fourth-order valence-electron chi connectivity index (χ4n) is 3.74. The molecule has 0 bridgehead atoms. The summed E-state index contributed by atoms with van der Waals surface area (Å²) in [5, 5.41) is 7.46. The van der Waals surface area contributed by atoms with Crippen LogP contribution in [-0.2, 0) is 4.74 Å². The van der Waals surface area contributed by atoms with Gasteiger partial charge in [0.05, 0.1) is 38.9 Å². The molecule has 5 aromatic rings. The minimum atomic E-state index is -0.379. The van der Waals surface area contributed by atoms with E-state index >= 15 is 0 Å². The van der Waals surface area contributed by atoms with Gasteiger partial charge >= 0.3 is 5.97 Å². The zero-order valence-corrected chi connectivity index (χ0v) is 18.6. The molecule has 0 aliphatic carbocycles. The van der Waals surface area contributed by atoms with Crippen molar-refractivity contribution in [2.45, 2.75) is 6.92 Å². The molecule has 3 aromatic carbocycles. The van der Waals surface area contributed by atoms with Crippen LogP contribution in [0.1, 0.15) is 17.3 Å². The van der Waals surface area contributed by atoms with Crippen LogP contribution in [0.25, 0.3) is 38.8 Å². The zero-order valence-electron chi connectivity index (χ0n) is 17.0. The Labute approximate surface area is 194 Å². The number of rotatable bonds is 4. The highest BCUT2D eigenvalue weighted by molar-refractivity contribution is 6.42. The minimum absolute atomic E-state index is 0.304. The first-order valence-electron chi connectivity index (χ1n) is 10.1. The van der Waals surface area contributed by atoms with E-state index in [0.717, 1.165) is 38.8 Å². The Morgan fingerprint density at radius 1 is 0.969 bits per heavy atom. The molecule has 158 valence electrons. The van der Waals surface area contributed by atoms with Crippen LogP contribution in [0.4, 0.5) is 0 Å². The van der Waals surface area contributed by atoms with Gasteiger partial charge in [-0.1, -0.05) is 53.5 Å². The van der Waals surface area contributed by atoms with Crippen molar-refractivity contribution in [3.05, 3.63) is 88.5 Å². The first-order valence-corrected chi connectivity index (χ1v) is 10.8. The van der Waals surface area contributed by atoms with Gasteiger partial charge in [-0.25, -0.2) is 9.48 Å². The second kappa shape index (κ2) is 8.26. The number of halogens is 2. The van der Waals surface area contributed by atoms with Crippen molar-refractivity contribution in [2.24, 2.45) is 0 Å². The minimum Gasteiger partial charge on any atom is -0.462 e. The molecule has 0 N–H and O–H groups in total. The zero-order chi connectivity index (χ0) is 22.2. The summed E-state index contributed by atoms with van der Waals surface area (Å²) in [5.74, 6) is -0.379. The molecular weight excluding hydrogens is 445 g/mol. The summed E-state index contributed by atoms with van der Waals surface area (Å²) >= 11 is 12.5. The Morgan fingerprint density at radius 3 is 2.53 bits per heavy atom. The third-order valence-corrected chi connectivity index (χ3v) is 5.95. The molecule has 5 rings (SSSR count). The number of hydrogen-bond acceptors (Lipinski definition) is 4. The van der Waals surface area contributed by atoms with Gasteiger partial charge in [0.1, 0.15) is 5.69 Å². The van der Waals surface area contributed by atoms with Crippen LogP contribution < -0.4 is 0 Å². The summed E-state index contributed by atoms with van der Waals surface area (Å²) in [6.07, 6.45) is 1.81. The predicted octanol–water partition coefficient (Wildman–Crippen LogP) is 6.72. The average molecular weight is 462 g/mol. The van der Waals surface area contributed by atoms with E-state index in [0.29, 0.717) is 22.2 Å². The maximum atomic E-state index is 12.4. The smallest absolute Gasteiger partial charge is 0.338 e. The van der Waals surface area contributed by atoms with Gasteiger partial charge in [-0.3, -0.25) is 4.98 Å². The second-order valence-electron chi connectivity index (χ2n) is 7.20. The third kappa shape index (κ3) is 3.49. The topological polar surface area (TPSA) is 57.0 Å². The summed E-state index contributed by atoms with van der Waals surface area (Å²) in [6.45, 7) is 2.09. The monoisotopic (exact) mass is 461 g/mol. The van der Waals surface area contributed by atoms with E-state index in [1.807, 2.05) is 53.3 Å². The molecule has 7 heteroatoms. The molecule has 32 heavy (non-hydrogen) atoms. The van der Waals surface area contributed by atoms with Crippen molar-refractivity contribution in [2.75, 3.05) is 6.61 Å². The van der Waals surface area contributed by atoms with Crippen molar-refractivity contribution in [1.82, 2.24) is 14.8 Å². The fraction of sp³-hybridized carbons (Fsp3) is 0.0800. The summed E-state index contributed by atoms with van der Waals surface area (Å²) in [5.41, 5.74) is 4.50. The number of carbonyl (C=O) groups is 1. The molecule has 0 saturated heterocycles. The highest BCUT2D eigenvalue weighted by Gasteiger charge is 2.19. The number of hydrogen-bond donors (Lipinski definition) is 0. The summed E-state index contributed by atoms with van der Waals surface area (Å²) in [4.78, 5) is 17.0. The van der Waals surface area contributed by atoms with Gasteiger partial charge in [0.2, 0.25) is 0 Å². The largest absolute Gasteiger partial charge is 0.462 e. The van der Waals surface area contributed by atoms with Crippen molar-refractivity contribution >= 4 is 51.0 Å². The molecule has 0 saturated carbocycles. The summed E-state index contributed by atoms with van der Waals surface area (Å²) in [6, 6.07) is 20.6. The number of esters is 1. The van der Waals surface area contributed by atoms with Crippen LogP contribution in [0.2, 0.25) is 10.0 Å². The van der Waals surface area contributed by atoms with Gasteiger partial charge in [-0.05, 0) is 43.3 Å². The average Bonchev–Trinajstić information content (AvgIpc) is 3.21. The van der Waals surface area contributed by atoms with Crippen LogP contribution in [0.5, 0.6) is 0 Å². The summed E-state index contributed by atoms with van der Waals surface area (Å²) in [7, 11) is 0. The van der Waals surface area contributed by atoms with E-state index in [1.165, 1.54) is 0 Å². The molecule has 0 amide bonds. The van der Waals surface area contributed by atoms with Crippen LogP contribution in [0.15, 0.2) is 72.9 Å². The molecule has 2 aromatic heterocycles. The molecule has 0 unspecified atom stereocenters. The molecule has 0 spiro atoms. The number of pyridine rings is 1. The Hall–Kier alpha value is -3.41. The van der Waals surface area contributed by atoms with E-state index in [9.17, 15) is 4.79 Å². The first-order chi connectivity index (χ1) is 15.6. The number of fused-ring (bicyclic) bond motifs is 3. The van der Waals surface area contributed by atoms with E-state index in [1.54, 1.807) is 31.2 Å². The van der Waals surface area contributed by atoms with E-state index < -0.39 is 0 Å². The van der Waals surface area contributed by atoms with E-state index in [4.69, 9.17) is 33.0 Å². The molecular formula is C25H17Cl2N3O2. The Bertz CT molecular complexity index is 1480. The normalized spacial score (nSPS) is 11.2. The quantitative estimate of drug-likeness (QED) is 0.278. The third-order valence-electron chi connectivity index (χ3n) is 5.21. The van der Waals surface area contributed by atoms with Crippen molar-refractivity contribution in [1.29, 1.82) is 0 Å². The highest BCUT2D eigenvalue weighted by atomic mass is 35.5. The lowest BCUT2D eigenvalue weighted by molar-refractivity contribution is 0.0526. The van der Waals surface area contributed by atoms with Gasteiger partial charge < -0.3 is 4.74 Å². The van der Waals surface area contributed by atoms with Gasteiger partial charge in [0.15, 0.2) is 0 Å². The van der Waals surface area contributed by atoms with Crippen LogP contribution in [0.3, 0.4) is 0 Å². The van der Waals surface area contributed by atoms with Gasteiger partial charge in [-0.15, -0.1) is 0 Å². The van der Waals surface area contributed by atoms with Crippen LogP contribution >= 0.6 is 23.2 Å². The Balaban J connectivity index is 1.86. The molecule has 5 nitrogen and oxygen atoms in total. The first kappa shape index (κ1) is 20.5. The van der Waals surface area contributed by atoms with E-state index in [-0.39, 0.29) is 5.97 Å². The number of carbonyl (C=O) groups excluding carboxylic acids is 1. The molecule has 0 aliphatic rings. The molecule has 2 heterocycles. The lowest BCUT2D eigenvalue weighted by atomic mass is 10.1. The van der Waals surface area contributed by atoms with Gasteiger partial charge in [0, 0.05) is 22.5 Å². The van der Waals surface area contributed by atoms with Crippen LogP contribution in [0, 0.1) is 0 Å².